The van der Waals surface area contributed by atoms with Crippen molar-refractivity contribution in [2.75, 3.05) is 5.32 Å². The maximum atomic E-state index is 9.00. The van der Waals surface area contributed by atoms with Crippen LogP contribution in [-0.4, -0.2) is 26.0 Å². The molecule has 0 aliphatic rings. The zero-order chi connectivity index (χ0) is 15.0. The monoisotopic (exact) mass is 274 g/mol. The molecule has 6 heteroatoms. The van der Waals surface area contributed by atoms with Gasteiger partial charge in [-0.2, -0.15) is 9.97 Å². The summed E-state index contributed by atoms with van der Waals surface area (Å²) in [6, 6.07) is 10.2. The van der Waals surface area contributed by atoms with Crippen LogP contribution in [0.25, 0.3) is 0 Å². The molecule has 0 saturated heterocycles. The van der Waals surface area contributed by atoms with Gasteiger partial charge in [-0.15, -0.1) is 0 Å². The van der Waals surface area contributed by atoms with E-state index in [1.165, 1.54) is 5.56 Å². The fourth-order valence-electron chi connectivity index (χ4n) is 1.47. The average Bonchev–Trinajstić information content (AvgIpc) is 2.36. The number of aryl methyl sites for hydroxylation is 2. The molecule has 0 saturated carbocycles. The summed E-state index contributed by atoms with van der Waals surface area (Å²) in [5.74, 6) is 1.28. The summed E-state index contributed by atoms with van der Waals surface area (Å²) < 4.78 is 0. The molecule has 2 N–H and O–H groups in total. The molecule has 0 aliphatic heterocycles. The number of nitrogens with zero attached hydrogens (tertiary/aromatic N) is 3. The molecule has 1 aromatic carbocycles. The Morgan fingerprint density at radius 2 is 1.60 bits per heavy atom. The van der Waals surface area contributed by atoms with E-state index in [2.05, 4.69) is 32.4 Å². The van der Waals surface area contributed by atoms with Crippen molar-refractivity contribution in [1.82, 2.24) is 15.0 Å². The highest BCUT2D eigenvalue weighted by Crippen LogP contribution is 2.04. The van der Waals surface area contributed by atoms with Crippen molar-refractivity contribution in [2.24, 2.45) is 0 Å². The molecular formula is C14H18N4O2. The van der Waals surface area contributed by atoms with Crippen molar-refractivity contribution in [1.29, 1.82) is 0 Å². The van der Waals surface area contributed by atoms with Gasteiger partial charge in [0, 0.05) is 13.5 Å². The molecule has 0 aliphatic carbocycles. The van der Waals surface area contributed by atoms with E-state index < -0.39 is 5.97 Å². The van der Waals surface area contributed by atoms with Crippen LogP contribution in [-0.2, 0) is 11.3 Å². The van der Waals surface area contributed by atoms with E-state index in [1.54, 1.807) is 0 Å². The van der Waals surface area contributed by atoms with E-state index in [0.29, 0.717) is 5.95 Å². The summed E-state index contributed by atoms with van der Waals surface area (Å²) in [4.78, 5) is 21.6. The van der Waals surface area contributed by atoms with E-state index in [1.807, 2.05) is 32.0 Å². The molecule has 0 atom stereocenters. The summed E-state index contributed by atoms with van der Waals surface area (Å²) in [5.41, 5.74) is 1.21. The topological polar surface area (TPSA) is 88.0 Å². The van der Waals surface area contributed by atoms with Crippen molar-refractivity contribution in [2.45, 2.75) is 27.3 Å². The third-order valence-electron chi connectivity index (χ3n) is 2.15. The number of benzene rings is 1. The Bertz CT molecular complexity index is 534. The third-order valence-corrected chi connectivity index (χ3v) is 2.15. The standard InChI is InChI=1S/C12H14N4.C2H4O2/c1-9-14-10(2)16-12(15-9)13-8-11-6-4-3-5-7-11;1-2(3)4/h3-7H,8H2,1-2H3,(H,13,14,15,16);1H3,(H,3,4). The Morgan fingerprint density at radius 3 is 2.10 bits per heavy atom. The quantitative estimate of drug-likeness (QED) is 0.892. The number of nitrogens with one attached hydrogen (secondary N) is 1. The average molecular weight is 274 g/mol. The number of hydrogen-bond acceptors (Lipinski definition) is 5. The number of carboxylic acid groups (broad SMARTS) is 1. The van der Waals surface area contributed by atoms with Crippen molar-refractivity contribution >= 4 is 11.9 Å². The molecule has 6 nitrogen and oxygen atoms in total. The first kappa shape index (κ1) is 15.6. The van der Waals surface area contributed by atoms with Gasteiger partial charge in [0.1, 0.15) is 11.6 Å². The van der Waals surface area contributed by atoms with Crippen molar-refractivity contribution in [3.8, 4) is 0 Å². The van der Waals surface area contributed by atoms with E-state index >= 15 is 0 Å². The Morgan fingerprint density at radius 1 is 1.10 bits per heavy atom. The molecule has 1 aromatic heterocycles. The maximum absolute atomic E-state index is 9.00. The van der Waals surface area contributed by atoms with Gasteiger partial charge in [-0.3, -0.25) is 4.79 Å². The minimum Gasteiger partial charge on any atom is -0.481 e. The SMILES string of the molecule is CC(=O)O.Cc1nc(C)nc(NCc2ccccc2)n1. The maximum Gasteiger partial charge on any atom is 0.300 e. The van der Waals surface area contributed by atoms with E-state index in [0.717, 1.165) is 25.1 Å². The number of carbonyl (C=O) groups is 1. The van der Waals surface area contributed by atoms with Crippen molar-refractivity contribution in [3.05, 3.63) is 47.5 Å². The number of anilines is 1. The van der Waals surface area contributed by atoms with Crippen LogP contribution >= 0.6 is 0 Å². The Balaban J connectivity index is 0.000000444. The van der Waals surface area contributed by atoms with Gasteiger partial charge in [-0.1, -0.05) is 30.3 Å². The highest BCUT2D eigenvalue weighted by atomic mass is 16.4. The molecule has 2 rings (SSSR count). The molecule has 0 bridgehead atoms. The van der Waals surface area contributed by atoms with E-state index in [-0.39, 0.29) is 0 Å². The zero-order valence-corrected chi connectivity index (χ0v) is 11.8. The highest BCUT2D eigenvalue weighted by Gasteiger charge is 1.99. The van der Waals surface area contributed by atoms with Crippen LogP contribution in [0, 0.1) is 13.8 Å². The number of carboxylic acids is 1. The second-order valence-electron chi connectivity index (χ2n) is 4.11. The fourth-order valence-corrected chi connectivity index (χ4v) is 1.47. The van der Waals surface area contributed by atoms with Crippen molar-refractivity contribution < 1.29 is 9.90 Å². The molecule has 20 heavy (non-hydrogen) atoms. The van der Waals surface area contributed by atoms with Gasteiger partial charge in [0.2, 0.25) is 5.95 Å². The van der Waals surface area contributed by atoms with Gasteiger partial charge in [-0.05, 0) is 19.4 Å². The van der Waals surface area contributed by atoms with Gasteiger partial charge >= 0.3 is 0 Å². The van der Waals surface area contributed by atoms with Crippen LogP contribution < -0.4 is 5.32 Å². The minimum absolute atomic E-state index is 0.633. The number of aliphatic carboxylic acids is 1. The Labute approximate surface area is 117 Å². The largest absolute Gasteiger partial charge is 0.481 e. The number of aromatic nitrogens is 3. The lowest BCUT2D eigenvalue weighted by atomic mass is 10.2. The van der Waals surface area contributed by atoms with Gasteiger partial charge in [-0.25, -0.2) is 4.98 Å². The molecule has 0 amide bonds. The van der Waals surface area contributed by atoms with E-state index in [9.17, 15) is 0 Å². The Hall–Kier alpha value is -2.50. The summed E-state index contributed by atoms with van der Waals surface area (Å²) in [6.07, 6.45) is 0. The summed E-state index contributed by atoms with van der Waals surface area (Å²) in [7, 11) is 0. The molecule has 106 valence electrons. The summed E-state index contributed by atoms with van der Waals surface area (Å²) in [6.45, 7) is 5.54. The first-order valence-corrected chi connectivity index (χ1v) is 6.14. The van der Waals surface area contributed by atoms with E-state index in [4.69, 9.17) is 9.90 Å². The van der Waals surface area contributed by atoms with Crippen LogP contribution in [0.15, 0.2) is 30.3 Å². The second-order valence-corrected chi connectivity index (χ2v) is 4.11. The smallest absolute Gasteiger partial charge is 0.300 e. The second kappa shape index (κ2) is 7.83. The van der Waals surface area contributed by atoms with Gasteiger partial charge in [0.25, 0.3) is 5.97 Å². The molecule has 0 fully saturated rings. The lowest BCUT2D eigenvalue weighted by Gasteiger charge is -2.05. The normalized spacial score (nSPS) is 9.35. The van der Waals surface area contributed by atoms with Crippen LogP contribution in [0.1, 0.15) is 24.1 Å². The zero-order valence-electron chi connectivity index (χ0n) is 11.8. The van der Waals surface area contributed by atoms with Crippen LogP contribution in [0.4, 0.5) is 5.95 Å². The molecular weight excluding hydrogens is 256 g/mol. The first-order valence-electron chi connectivity index (χ1n) is 6.14. The highest BCUT2D eigenvalue weighted by molar-refractivity contribution is 5.62. The lowest BCUT2D eigenvalue weighted by Crippen LogP contribution is -2.06. The van der Waals surface area contributed by atoms with Gasteiger partial charge in [0.15, 0.2) is 0 Å². The lowest BCUT2D eigenvalue weighted by molar-refractivity contribution is -0.134. The molecule has 0 unspecified atom stereocenters. The predicted molar refractivity (Wildman–Crippen MR) is 76.4 cm³/mol. The van der Waals surface area contributed by atoms with Gasteiger partial charge < -0.3 is 10.4 Å². The Kier molecular flexibility index (Phi) is 6.09. The molecule has 0 spiro atoms. The van der Waals surface area contributed by atoms with Crippen LogP contribution in [0.2, 0.25) is 0 Å². The summed E-state index contributed by atoms with van der Waals surface area (Å²) >= 11 is 0. The number of rotatable bonds is 3. The van der Waals surface area contributed by atoms with Crippen LogP contribution in [0.3, 0.4) is 0 Å². The molecule has 0 radical (unpaired) electrons. The predicted octanol–water partition coefficient (Wildman–Crippen LogP) is 2.19. The summed E-state index contributed by atoms with van der Waals surface area (Å²) in [5, 5.41) is 10.6. The first-order chi connectivity index (χ1) is 9.47. The minimum atomic E-state index is -0.833. The molecule has 2 aromatic rings. The fraction of sp³-hybridized carbons (Fsp3) is 0.286. The molecule has 1 heterocycles. The third kappa shape index (κ3) is 6.44. The number of hydrogen-bond donors (Lipinski definition) is 2. The van der Waals surface area contributed by atoms with Crippen LogP contribution in [0.5, 0.6) is 0 Å². The van der Waals surface area contributed by atoms with Crippen molar-refractivity contribution in [3.63, 3.8) is 0 Å². The van der Waals surface area contributed by atoms with Gasteiger partial charge in [0.05, 0.1) is 0 Å².